The number of esters is 2. The minimum Gasteiger partial charge on any atom is -0.461 e. The number of ketones is 1. The number of carbonyl (C=O) groups excluding carboxylic acids is 3. The lowest BCUT2D eigenvalue weighted by Crippen LogP contribution is -2.55. The SMILES string of the molecule is C=C(C)C(=O)O[C@H]1CC[C@H]2C(=O)c3occ(C)c3[C@@H](OC(=O)C(C)=CC)[C@@]2(C)[C@@H]1C. The van der Waals surface area contributed by atoms with E-state index >= 15 is 0 Å². The van der Waals surface area contributed by atoms with Gasteiger partial charge in [0.1, 0.15) is 12.2 Å². The van der Waals surface area contributed by atoms with Crippen LogP contribution < -0.4 is 0 Å². The van der Waals surface area contributed by atoms with Crippen LogP contribution in [0.4, 0.5) is 0 Å². The summed E-state index contributed by atoms with van der Waals surface area (Å²) in [7, 11) is 0. The Bertz CT molecular complexity index is 935. The van der Waals surface area contributed by atoms with Gasteiger partial charge >= 0.3 is 11.9 Å². The van der Waals surface area contributed by atoms with Crippen LogP contribution in [0.25, 0.3) is 0 Å². The van der Waals surface area contributed by atoms with Crippen LogP contribution in [-0.2, 0) is 19.1 Å². The molecule has 162 valence electrons. The predicted molar refractivity (Wildman–Crippen MR) is 111 cm³/mol. The average molecular weight is 414 g/mol. The molecule has 6 heteroatoms. The maximum atomic E-state index is 13.3. The Morgan fingerprint density at radius 1 is 1.23 bits per heavy atom. The molecule has 1 fully saturated rings. The second-order valence-corrected chi connectivity index (χ2v) is 8.79. The van der Waals surface area contributed by atoms with Crippen molar-refractivity contribution in [2.75, 3.05) is 0 Å². The molecule has 1 aromatic rings. The van der Waals surface area contributed by atoms with Crippen molar-refractivity contribution in [3.8, 4) is 0 Å². The molecule has 0 bridgehead atoms. The third-order valence-electron chi connectivity index (χ3n) is 7.01. The molecule has 0 N–H and O–H groups in total. The summed E-state index contributed by atoms with van der Waals surface area (Å²) in [6.07, 6.45) is 3.22. The molecule has 0 unspecified atom stereocenters. The number of fused-ring (bicyclic) bond motifs is 2. The van der Waals surface area contributed by atoms with E-state index in [2.05, 4.69) is 6.58 Å². The second-order valence-electron chi connectivity index (χ2n) is 8.79. The van der Waals surface area contributed by atoms with E-state index in [9.17, 15) is 14.4 Å². The Hall–Kier alpha value is -2.63. The second kappa shape index (κ2) is 7.89. The number of furan rings is 1. The summed E-state index contributed by atoms with van der Waals surface area (Å²) in [5, 5.41) is 0. The van der Waals surface area contributed by atoms with Crippen molar-refractivity contribution in [2.24, 2.45) is 17.3 Å². The van der Waals surface area contributed by atoms with Crippen molar-refractivity contribution in [2.45, 2.75) is 66.6 Å². The smallest absolute Gasteiger partial charge is 0.334 e. The Kier molecular flexibility index (Phi) is 5.81. The van der Waals surface area contributed by atoms with E-state index in [4.69, 9.17) is 13.9 Å². The monoisotopic (exact) mass is 414 g/mol. The van der Waals surface area contributed by atoms with E-state index in [1.54, 1.807) is 26.8 Å². The van der Waals surface area contributed by atoms with Crippen molar-refractivity contribution < 1.29 is 28.3 Å². The molecule has 1 heterocycles. The number of ether oxygens (including phenoxy) is 2. The van der Waals surface area contributed by atoms with Crippen LogP contribution in [0.1, 0.15) is 75.2 Å². The van der Waals surface area contributed by atoms with E-state index in [0.29, 0.717) is 29.6 Å². The third-order valence-corrected chi connectivity index (χ3v) is 7.01. The minimum atomic E-state index is -0.749. The highest BCUT2D eigenvalue weighted by molar-refractivity contribution is 5.99. The van der Waals surface area contributed by atoms with Gasteiger partial charge in [-0.15, -0.1) is 0 Å². The largest absolute Gasteiger partial charge is 0.461 e. The van der Waals surface area contributed by atoms with E-state index in [1.165, 1.54) is 6.26 Å². The molecule has 1 saturated carbocycles. The predicted octanol–water partition coefficient (Wildman–Crippen LogP) is 4.88. The average Bonchev–Trinajstić information content (AvgIpc) is 3.09. The summed E-state index contributed by atoms with van der Waals surface area (Å²) >= 11 is 0. The molecule has 0 aliphatic heterocycles. The first-order valence-electron chi connectivity index (χ1n) is 10.4. The van der Waals surface area contributed by atoms with Crippen LogP contribution >= 0.6 is 0 Å². The van der Waals surface area contributed by atoms with E-state index in [0.717, 1.165) is 5.56 Å². The van der Waals surface area contributed by atoms with Crippen LogP contribution in [0.5, 0.6) is 0 Å². The lowest BCUT2D eigenvalue weighted by Gasteiger charge is -2.53. The van der Waals surface area contributed by atoms with Gasteiger partial charge in [-0.05, 0) is 46.1 Å². The fraction of sp³-hybridized carbons (Fsp3) is 0.542. The Balaban J connectivity index is 2.08. The molecule has 5 atom stereocenters. The van der Waals surface area contributed by atoms with Crippen molar-refractivity contribution in [1.29, 1.82) is 0 Å². The molecule has 2 aliphatic carbocycles. The van der Waals surface area contributed by atoms with Gasteiger partial charge < -0.3 is 13.9 Å². The molecule has 2 aliphatic rings. The number of aryl methyl sites for hydroxylation is 1. The first-order chi connectivity index (χ1) is 14.0. The minimum absolute atomic E-state index is 0.0767. The molecule has 0 saturated heterocycles. The first kappa shape index (κ1) is 22.1. The van der Waals surface area contributed by atoms with Crippen LogP contribution in [0.2, 0.25) is 0 Å². The quantitative estimate of drug-likeness (QED) is 0.516. The Morgan fingerprint density at radius 3 is 2.50 bits per heavy atom. The molecule has 3 rings (SSSR count). The van der Waals surface area contributed by atoms with Crippen LogP contribution in [-0.4, -0.2) is 23.8 Å². The summed E-state index contributed by atoms with van der Waals surface area (Å²) in [5.41, 5.74) is 1.45. The van der Waals surface area contributed by atoms with Gasteiger partial charge in [0.05, 0.1) is 6.26 Å². The topological polar surface area (TPSA) is 82.8 Å². The van der Waals surface area contributed by atoms with Crippen LogP contribution in [0, 0.1) is 24.2 Å². The molecule has 30 heavy (non-hydrogen) atoms. The molecule has 0 spiro atoms. The third kappa shape index (κ3) is 3.32. The standard InChI is InChI=1S/C24H30O6/c1-8-13(4)23(27)30-21-18-14(5)11-28-20(18)19(25)16-9-10-17(15(6)24(16,21)7)29-22(26)12(2)3/h8,11,15-17,21H,2,9-10H2,1,3-7H3/t15-,16+,17+,21-,24+/m1/s1. The fourth-order valence-corrected chi connectivity index (χ4v) is 4.79. The molecule has 0 radical (unpaired) electrons. The summed E-state index contributed by atoms with van der Waals surface area (Å²) in [5.74, 6) is -1.31. The number of allylic oxidation sites excluding steroid dienone is 1. The van der Waals surface area contributed by atoms with Crippen molar-refractivity contribution in [3.05, 3.63) is 47.0 Å². The van der Waals surface area contributed by atoms with E-state index in [-0.39, 0.29) is 17.5 Å². The maximum Gasteiger partial charge on any atom is 0.334 e. The number of Topliss-reactive ketones (excluding diaryl/α,β-unsaturated/α-hetero) is 1. The first-order valence-corrected chi connectivity index (χ1v) is 10.4. The summed E-state index contributed by atoms with van der Waals surface area (Å²) < 4.78 is 17.3. The highest BCUT2D eigenvalue weighted by atomic mass is 16.6. The molecular weight excluding hydrogens is 384 g/mol. The Morgan fingerprint density at radius 2 is 1.90 bits per heavy atom. The van der Waals surface area contributed by atoms with Gasteiger partial charge in [-0.1, -0.05) is 26.5 Å². The number of hydrogen-bond acceptors (Lipinski definition) is 6. The van der Waals surface area contributed by atoms with Crippen LogP contribution in [0.15, 0.2) is 34.5 Å². The molecule has 1 aromatic heterocycles. The van der Waals surface area contributed by atoms with Gasteiger partial charge in [0, 0.05) is 34.0 Å². The van der Waals surface area contributed by atoms with Gasteiger partial charge in [0.15, 0.2) is 5.76 Å². The Labute approximate surface area is 177 Å². The number of rotatable bonds is 4. The molecule has 0 amide bonds. The zero-order chi connectivity index (χ0) is 22.4. The van der Waals surface area contributed by atoms with Crippen LogP contribution in [0.3, 0.4) is 0 Å². The van der Waals surface area contributed by atoms with Crippen molar-refractivity contribution >= 4 is 17.7 Å². The highest BCUT2D eigenvalue weighted by Gasteiger charge is 2.61. The normalized spacial score (nSPS) is 30.9. The van der Waals surface area contributed by atoms with Crippen molar-refractivity contribution in [3.63, 3.8) is 0 Å². The van der Waals surface area contributed by atoms with Gasteiger partial charge in [0.25, 0.3) is 0 Å². The summed E-state index contributed by atoms with van der Waals surface area (Å²) in [6, 6.07) is 0. The molecule has 6 nitrogen and oxygen atoms in total. The van der Waals surface area contributed by atoms with Gasteiger partial charge in [0.2, 0.25) is 5.78 Å². The van der Waals surface area contributed by atoms with Crippen molar-refractivity contribution in [1.82, 2.24) is 0 Å². The summed E-state index contributed by atoms with van der Waals surface area (Å²) in [4.78, 5) is 38.2. The fourth-order valence-electron chi connectivity index (χ4n) is 4.79. The van der Waals surface area contributed by atoms with Gasteiger partial charge in [-0.3, -0.25) is 4.79 Å². The lowest BCUT2D eigenvalue weighted by molar-refractivity contribution is -0.178. The highest BCUT2D eigenvalue weighted by Crippen LogP contribution is 2.60. The maximum absolute atomic E-state index is 13.3. The number of hydrogen-bond donors (Lipinski definition) is 0. The van der Waals surface area contributed by atoms with Gasteiger partial charge in [-0.2, -0.15) is 0 Å². The van der Waals surface area contributed by atoms with E-state index < -0.39 is 35.5 Å². The zero-order valence-electron chi connectivity index (χ0n) is 18.5. The van der Waals surface area contributed by atoms with E-state index in [1.807, 2.05) is 20.8 Å². The van der Waals surface area contributed by atoms with Gasteiger partial charge in [-0.25, -0.2) is 9.59 Å². The zero-order valence-corrected chi connectivity index (χ0v) is 18.5. The molecular formula is C24H30O6. The number of carbonyl (C=O) groups is 3. The summed E-state index contributed by atoms with van der Waals surface area (Å²) in [6.45, 7) is 14.5. The molecule has 0 aromatic carbocycles. The lowest BCUT2D eigenvalue weighted by atomic mass is 9.53.